The number of thiophene rings is 1. The third-order valence-electron chi connectivity index (χ3n) is 4.79. The highest BCUT2D eigenvalue weighted by molar-refractivity contribution is 7.21. The van der Waals surface area contributed by atoms with Gasteiger partial charge in [0.2, 0.25) is 0 Å². The Morgan fingerprint density at radius 3 is 2.52 bits per heavy atom. The van der Waals surface area contributed by atoms with Gasteiger partial charge in [0.05, 0.1) is 5.02 Å². The zero-order valence-corrected chi connectivity index (χ0v) is 16.4. The number of fused-ring (bicyclic) bond motifs is 1. The fraction of sp³-hybridized carbons (Fsp3) is 0.250. The number of hydrogen-bond donors (Lipinski definition) is 1. The molecule has 1 N–H and O–H groups in total. The summed E-state index contributed by atoms with van der Waals surface area (Å²) in [4.78, 5) is 17.7. The average Bonchev–Trinajstić information content (AvgIpc) is 2.99. The molecule has 1 aromatic heterocycles. The third-order valence-corrected chi connectivity index (χ3v) is 6.45. The second kappa shape index (κ2) is 7.46. The Hall–Kier alpha value is -2.15. The molecule has 4 nitrogen and oxygen atoms in total. The number of carbonyl (C=O) groups is 1. The van der Waals surface area contributed by atoms with Crippen molar-refractivity contribution >= 4 is 50.3 Å². The van der Waals surface area contributed by atoms with Crippen LogP contribution in [-0.4, -0.2) is 44.0 Å². The van der Waals surface area contributed by atoms with Gasteiger partial charge < -0.3 is 15.1 Å². The summed E-state index contributed by atoms with van der Waals surface area (Å²) in [6.07, 6.45) is 0. The monoisotopic (exact) mass is 403 g/mol. The van der Waals surface area contributed by atoms with E-state index in [1.165, 1.54) is 23.5 Å². The molecule has 0 radical (unpaired) electrons. The van der Waals surface area contributed by atoms with Crippen molar-refractivity contribution in [3.8, 4) is 0 Å². The number of anilines is 2. The second-order valence-corrected chi connectivity index (χ2v) is 8.11. The van der Waals surface area contributed by atoms with Gasteiger partial charge in [-0.05, 0) is 49.5 Å². The van der Waals surface area contributed by atoms with Crippen molar-refractivity contribution in [3.05, 3.63) is 58.2 Å². The zero-order chi connectivity index (χ0) is 19.0. The van der Waals surface area contributed by atoms with Gasteiger partial charge in [0.25, 0.3) is 5.91 Å². The van der Waals surface area contributed by atoms with E-state index in [9.17, 15) is 9.18 Å². The molecular formula is C20H19ClFN3OS. The van der Waals surface area contributed by atoms with Crippen LogP contribution < -0.4 is 10.2 Å². The normalized spacial score (nSPS) is 15.3. The van der Waals surface area contributed by atoms with E-state index in [0.29, 0.717) is 25.7 Å². The number of carbonyl (C=O) groups excluding carboxylic acids is 1. The summed E-state index contributed by atoms with van der Waals surface area (Å²) in [5.41, 5.74) is 1.86. The van der Waals surface area contributed by atoms with Gasteiger partial charge in [0, 0.05) is 47.6 Å². The molecule has 0 atom stereocenters. The summed E-state index contributed by atoms with van der Waals surface area (Å²) in [5, 5.41) is 3.93. The quantitative estimate of drug-likeness (QED) is 0.688. The summed E-state index contributed by atoms with van der Waals surface area (Å²) in [6.45, 7) is 4.08. The highest BCUT2D eigenvalue weighted by Crippen LogP contribution is 2.36. The molecule has 1 aliphatic rings. The molecule has 2 heterocycles. The lowest BCUT2D eigenvalue weighted by Crippen LogP contribution is -2.44. The maximum Gasteiger partial charge on any atom is 0.267 e. The van der Waals surface area contributed by atoms with Crippen molar-refractivity contribution in [2.75, 3.05) is 43.4 Å². The fourth-order valence-corrected chi connectivity index (χ4v) is 4.63. The predicted molar refractivity (Wildman–Crippen MR) is 111 cm³/mol. The molecule has 7 heteroatoms. The van der Waals surface area contributed by atoms with E-state index in [1.54, 1.807) is 6.07 Å². The molecule has 0 spiro atoms. The summed E-state index contributed by atoms with van der Waals surface area (Å²) in [5.74, 6) is -0.624. The van der Waals surface area contributed by atoms with Crippen molar-refractivity contribution in [3.63, 3.8) is 0 Å². The highest BCUT2D eigenvalue weighted by atomic mass is 35.5. The van der Waals surface area contributed by atoms with Gasteiger partial charge >= 0.3 is 0 Å². The van der Waals surface area contributed by atoms with E-state index in [-0.39, 0.29) is 11.7 Å². The standard InChI is InChI=1S/C20H19ClFN3OS/c1-24-8-10-25(11-9-24)15-5-3-14(4-6-15)23-20(26)19-18(21)16-7-2-13(22)12-17(16)27-19/h2-7,12H,8-11H2,1H3,(H,23,26). The molecule has 1 fully saturated rings. The van der Waals surface area contributed by atoms with Crippen LogP contribution in [0.4, 0.5) is 15.8 Å². The largest absolute Gasteiger partial charge is 0.369 e. The fourth-order valence-electron chi connectivity index (χ4n) is 3.19. The van der Waals surface area contributed by atoms with Gasteiger partial charge in [-0.2, -0.15) is 0 Å². The van der Waals surface area contributed by atoms with E-state index < -0.39 is 0 Å². The van der Waals surface area contributed by atoms with Crippen LogP contribution >= 0.6 is 22.9 Å². The Balaban J connectivity index is 1.49. The van der Waals surface area contributed by atoms with Gasteiger partial charge in [-0.25, -0.2) is 4.39 Å². The van der Waals surface area contributed by atoms with Gasteiger partial charge in [-0.3, -0.25) is 4.79 Å². The molecule has 140 valence electrons. The van der Waals surface area contributed by atoms with Crippen LogP contribution in [0.5, 0.6) is 0 Å². The number of rotatable bonds is 3. The van der Waals surface area contributed by atoms with Crippen LogP contribution in [0.1, 0.15) is 9.67 Å². The van der Waals surface area contributed by atoms with Crippen molar-refractivity contribution in [1.82, 2.24) is 4.90 Å². The Morgan fingerprint density at radius 1 is 1.11 bits per heavy atom. The number of nitrogens with one attached hydrogen (secondary N) is 1. The van der Waals surface area contributed by atoms with Gasteiger partial charge in [0.1, 0.15) is 10.7 Å². The van der Waals surface area contributed by atoms with Crippen LogP contribution in [0, 0.1) is 5.82 Å². The van der Waals surface area contributed by atoms with Crippen LogP contribution in [0.2, 0.25) is 5.02 Å². The Bertz CT molecular complexity index is 981. The Kier molecular flexibility index (Phi) is 5.04. The lowest BCUT2D eigenvalue weighted by molar-refractivity contribution is 0.103. The van der Waals surface area contributed by atoms with E-state index in [2.05, 4.69) is 22.2 Å². The summed E-state index contributed by atoms with van der Waals surface area (Å²) < 4.78 is 14.1. The number of hydrogen-bond acceptors (Lipinski definition) is 4. The van der Waals surface area contributed by atoms with Crippen LogP contribution in [0.25, 0.3) is 10.1 Å². The lowest BCUT2D eigenvalue weighted by atomic mass is 10.2. The van der Waals surface area contributed by atoms with Crippen LogP contribution in [-0.2, 0) is 0 Å². The minimum absolute atomic E-state index is 0.283. The van der Waals surface area contributed by atoms with Crippen molar-refractivity contribution in [2.24, 2.45) is 0 Å². The number of likely N-dealkylation sites (N-methyl/N-ethyl adjacent to an activating group) is 1. The average molecular weight is 404 g/mol. The third kappa shape index (κ3) is 3.78. The molecule has 3 aromatic rings. The molecular weight excluding hydrogens is 385 g/mol. The smallest absolute Gasteiger partial charge is 0.267 e. The van der Waals surface area contributed by atoms with E-state index >= 15 is 0 Å². The second-order valence-electron chi connectivity index (χ2n) is 6.68. The first-order valence-corrected chi connectivity index (χ1v) is 9.93. The predicted octanol–water partition coefficient (Wildman–Crippen LogP) is 4.70. The first-order chi connectivity index (χ1) is 13.0. The first-order valence-electron chi connectivity index (χ1n) is 8.74. The zero-order valence-electron chi connectivity index (χ0n) is 14.8. The highest BCUT2D eigenvalue weighted by Gasteiger charge is 2.18. The molecule has 1 saturated heterocycles. The number of benzene rings is 2. The Labute approximate surface area is 166 Å². The molecule has 0 saturated carbocycles. The van der Waals surface area contributed by atoms with Crippen LogP contribution in [0.3, 0.4) is 0 Å². The summed E-state index contributed by atoms with van der Waals surface area (Å²) in [6, 6.07) is 12.2. The number of nitrogens with zero attached hydrogens (tertiary/aromatic N) is 2. The van der Waals surface area contributed by atoms with E-state index in [1.807, 2.05) is 24.3 Å². The lowest BCUT2D eigenvalue weighted by Gasteiger charge is -2.34. The number of piperazine rings is 1. The van der Waals surface area contributed by atoms with Gasteiger partial charge in [0.15, 0.2) is 0 Å². The molecule has 0 unspecified atom stereocenters. The van der Waals surface area contributed by atoms with Crippen LogP contribution in [0.15, 0.2) is 42.5 Å². The Morgan fingerprint density at radius 2 is 1.81 bits per heavy atom. The van der Waals surface area contributed by atoms with Crippen molar-refractivity contribution in [1.29, 1.82) is 0 Å². The molecule has 1 aliphatic heterocycles. The molecule has 4 rings (SSSR count). The minimum Gasteiger partial charge on any atom is -0.369 e. The maximum absolute atomic E-state index is 13.4. The number of amides is 1. The van der Waals surface area contributed by atoms with E-state index in [0.717, 1.165) is 31.9 Å². The summed E-state index contributed by atoms with van der Waals surface area (Å²) >= 11 is 7.52. The van der Waals surface area contributed by atoms with Gasteiger partial charge in [-0.15, -0.1) is 11.3 Å². The SMILES string of the molecule is CN1CCN(c2ccc(NC(=O)c3sc4cc(F)ccc4c3Cl)cc2)CC1. The van der Waals surface area contributed by atoms with E-state index in [4.69, 9.17) is 11.6 Å². The minimum atomic E-state index is -0.341. The molecule has 0 bridgehead atoms. The maximum atomic E-state index is 13.4. The van der Waals surface area contributed by atoms with Crippen molar-refractivity contribution in [2.45, 2.75) is 0 Å². The molecule has 2 aromatic carbocycles. The van der Waals surface area contributed by atoms with Crippen molar-refractivity contribution < 1.29 is 9.18 Å². The first kappa shape index (κ1) is 18.2. The van der Waals surface area contributed by atoms with Gasteiger partial charge in [-0.1, -0.05) is 11.6 Å². The molecule has 0 aliphatic carbocycles. The number of halogens is 2. The molecule has 1 amide bonds. The topological polar surface area (TPSA) is 35.6 Å². The summed E-state index contributed by atoms with van der Waals surface area (Å²) in [7, 11) is 2.13. The molecule has 27 heavy (non-hydrogen) atoms.